The van der Waals surface area contributed by atoms with Gasteiger partial charge in [0.05, 0.1) is 12.1 Å². The Kier molecular flexibility index (Phi) is 3.92. The number of benzene rings is 1. The summed E-state index contributed by atoms with van der Waals surface area (Å²) in [5.41, 5.74) is 6.21. The molecule has 0 saturated heterocycles. The third-order valence-corrected chi connectivity index (χ3v) is 3.41. The first kappa shape index (κ1) is 14.3. The van der Waals surface area contributed by atoms with Crippen molar-refractivity contribution < 1.29 is 13.5 Å². The Morgan fingerprint density at radius 2 is 2.35 bits per heavy atom. The third-order valence-electron chi connectivity index (χ3n) is 3.41. The highest BCUT2D eigenvalue weighted by Gasteiger charge is 2.39. The number of guanidine groups is 1. The summed E-state index contributed by atoms with van der Waals surface area (Å²) in [6.45, 7) is 3.81. The molecule has 0 saturated carbocycles. The summed E-state index contributed by atoms with van der Waals surface area (Å²) in [6.07, 6.45) is 1.73. The van der Waals surface area contributed by atoms with Crippen molar-refractivity contribution >= 4 is 5.96 Å². The Morgan fingerprint density at radius 1 is 1.60 bits per heavy atom. The molecule has 1 atom stereocenters. The first-order valence-electron chi connectivity index (χ1n) is 6.21. The van der Waals surface area contributed by atoms with Crippen LogP contribution in [0.25, 0.3) is 0 Å². The van der Waals surface area contributed by atoms with E-state index in [1.807, 2.05) is 17.9 Å². The summed E-state index contributed by atoms with van der Waals surface area (Å²) >= 11 is 0. The molecule has 1 unspecified atom stereocenters. The topological polar surface area (TPSA) is 50.8 Å². The largest absolute Gasteiger partial charge is 0.435 e. The molecule has 0 aliphatic carbocycles. The monoisotopic (exact) mass is 281 g/mol. The Balaban J connectivity index is 2.32. The number of hydrogen-bond acceptors (Lipinski definition) is 4. The van der Waals surface area contributed by atoms with Gasteiger partial charge in [-0.2, -0.15) is 8.78 Å². The summed E-state index contributed by atoms with van der Waals surface area (Å²) < 4.78 is 29.0. The van der Waals surface area contributed by atoms with Gasteiger partial charge in [0.25, 0.3) is 0 Å². The second kappa shape index (κ2) is 5.48. The van der Waals surface area contributed by atoms with Crippen molar-refractivity contribution in [1.29, 1.82) is 0 Å². The molecule has 0 fully saturated rings. The summed E-state index contributed by atoms with van der Waals surface area (Å²) in [4.78, 5) is 6.13. The van der Waals surface area contributed by atoms with E-state index in [0.717, 1.165) is 5.56 Å². The third kappa shape index (κ3) is 2.59. The minimum Gasteiger partial charge on any atom is -0.435 e. The first-order valence-corrected chi connectivity index (χ1v) is 6.21. The zero-order valence-electron chi connectivity index (χ0n) is 11.2. The van der Waals surface area contributed by atoms with Crippen LogP contribution in [0.15, 0.2) is 41.9 Å². The smallest absolute Gasteiger partial charge is 0.387 e. The van der Waals surface area contributed by atoms with Gasteiger partial charge in [-0.25, -0.2) is 0 Å². The Hall–Kier alpha value is -2.11. The lowest BCUT2D eigenvalue weighted by Crippen LogP contribution is -2.47. The lowest BCUT2D eigenvalue weighted by Gasteiger charge is -2.36. The van der Waals surface area contributed by atoms with Gasteiger partial charge in [0.1, 0.15) is 5.75 Å². The molecule has 108 valence electrons. The van der Waals surface area contributed by atoms with Gasteiger partial charge < -0.3 is 15.4 Å². The molecule has 1 aliphatic heterocycles. The first-order chi connectivity index (χ1) is 9.47. The predicted molar refractivity (Wildman–Crippen MR) is 73.8 cm³/mol. The number of hydrogen-bond donors (Lipinski definition) is 1. The van der Waals surface area contributed by atoms with Crippen LogP contribution >= 0.6 is 0 Å². The fourth-order valence-corrected chi connectivity index (χ4v) is 2.34. The Morgan fingerprint density at radius 3 is 3.00 bits per heavy atom. The van der Waals surface area contributed by atoms with E-state index in [0.29, 0.717) is 19.0 Å². The predicted octanol–water partition coefficient (Wildman–Crippen LogP) is 2.32. The van der Waals surface area contributed by atoms with Crippen molar-refractivity contribution in [3.05, 3.63) is 42.5 Å². The van der Waals surface area contributed by atoms with Gasteiger partial charge in [-0.3, -0.25) is 4.99 Å². The van der Waals surface area contributed by atoms with E-state index in [9.17, 15) is 8.78 Å². The molecule has 1 aromatic carbocycles. The number of nitrogens with zero attached hydrogens (tertiary/aromatic N) is 2. The minimum absolute atomic E-state index is 0.128. The van der Waals surface area contributed by atoms with Crippen LogP contribution in [0.2, 0.25) is 0 Å². The van der Waals surface area contributed by atoms with E-state index >= 15 is 0 Å². The molecule has 4 nitrogen and oxygen atoms in total. The van der Waals surface area contributed by atoms with E-state index in [-0.39, 0.29) is 5.75 Å². The minimum atomic E-state index is -2.84. The Labute approximate surface area is 116 Å². The van der Waals surface area contributed by atoms with E-state index in [2.05, 4.69) is 16.3 Å². The highest BCUT2D eigenvalue weighted by Crippen LogP contribution is 2.34. The fraction of sp³-hybridized carbons (Fsp3) is 0.357. The highest BCUT2D eigenvalue weighted by molar-refractivity contribution is 5.81. The second-order valence-corrected chi connectivity index (χ2v) is 4.75. The number of aliphatic imine (C=N–C) groups is 1. The van der Waals surface area contributed by atoms with Crippen molar-refractivity contribution in [2.24, 2.45) is 10.7 Å². The van der Waals surface area contributed by atoms with Gasteiger partial charge in [-0.15, -0.1) is 6.58 Å². The van der Waals surface area contributed by atoms with Crippen molar-refractivity contribution in [2.45, 2.75) is 19.1 Å². The van der Waals surface area contributed by atoms with Gasteiger partial charge in [-0.05, 0) is 24.6 Å². The molecular formula is C14H17F2N3O. The van der Waals surface area contributed by atoms with Gasteiger partial charge in [0.15, 0.2) is 5.96 Å². The molecule has 1 heterocycles. The normalized spacial score (nSPS) is 22.0. The number of ether oxygens (including phenoxy) is 1. The van der Waals surface area contributed by atoms with Crippen LogP contribution in [0.5, 0.6) is 5.75 Å². The second-order valence-electron chi connectivity index (χ2n) is 4.75. The summed E-state index contributed by atoms with van der Waals surface area (Å²) in [7, 11) is 0. The molecule has 0 bridgehead atoms. The highest BCUT2D eigenvalue weighted by atomic mass is 19.3. The molecular weight excluding hydrogens is 264 g/mol. The molecule has 2 rings (SSSR count). The zero-order valence-corrected chi connectivity index (χ0v) is 11.2. The van der Waals surface area contributed by atoms with Crippen LogP contribution in [0.1, 0.15) is 12.5 Å². The number of halogens is 2. The SMILES string of the molecule is C=CCN1C(N)=NCC1(C)c1cccc(OC(F)F)c1. The molecule has 1 aromatic rings. The van der Waals surface area contributed by atoms with Gasteiger partial charge in [-0.1, -0.05) is 18.2 Å². The van der Waals surface area contributed by atoms with Crippen molar-refractivity contribution in [3.8, 4) is 5.75 Å². The van der Waals surface area contributed by atoms with Crippen LogP contribution in [0.3, 0.4) is 0 Å². The average Bonchev–Trinajstić information content (AvgIpc) is 2.68. The van der Waals surface area contributed by atoms with Gasteiger partial charge in [0.2, 0.25) is 0 Å². The maximum Gasteiger partial charge on any atom is 0.387 e. The fourth-order valence-electron chi connectivity index (χ4n) is 2.34. The van der Waals surface area contributed by atoms with Crippen LogP contribution in [-0.2, 0) is 5.54 Å². The molecule has 2 N–H and O–H groups in total. The van der Waals surface area contributed by atoms with Crippen molar-refractivity contribution in [1.82, 2.24) is 4.90 Å². The molecule has 0 spiro atoms. The van der Waals surface area contributed by atoms with Gasteiger partial charge >= 0.3 is 6.61 Å². The van der Waals surface area contributed by atoms with E-state index in [1.165, 1.54) is 6.07 Å². The van der Waals surface area contributed by atoms with Crippen molar-refractivity contribution in [2.75, 3.05) is 13.1 Å². The van der Waals surface area contributed by atoms with Crippen LogP contribution in [-0.4, -0.2) is 30.6 Å². The average molecular weight is 281 g/mol. The van der Waals surface area contributed by atoms with Crippen LogP contribution in [0.4, 0.5) is 8.78 Å². The lowest BCUT2D eigenvalue weighted by atomic mass is 9.91. The molecule has 1 aliphatic rings. The molecule has 0 radical (unpaired) electrons. The molecule has 0 aromatic heterocycles. The van der Waals surface area contributed by atoms with Gasteiger partial charge in [0, 0.05) is 6.54 Å². The van der Waals surface area contributed by atoms with E-state index < -0.39 is 12.2 Å². The number of rotatable bonds is 5. The maximum atomic E-state index is 12.3. The number of alkyl halides is 2. The van der Waals surface area contributed by atoms with Crippen molar-refractivity contribution in [3.63, 3.8) is 0 Å². The van der Waals surface area contributed by atoms with E-state index in [1.54, 1.807) is 18.2 Å². The lowest BCUT2D eigenvalue weighted by molar-refractivity contribution is -0.0499. The quantitative estimate of drug-likeness (QED) is 0.843. The summed E-state index contributed by atoms with van der Waals surface area (Å²) in [5.74, 6) is 0.551. The van der Waals surface area contributed by atoms with Crippen LogP contribution in [0, 0.1) is 0 Å². The van der Waals surface area contributed by atoms with E-state index in [4.69, 9.17) is 5.73 Å². The maximum absolute atomic E-state index is 12.3. The molecule has 20 heavy (non-hydrogen) atoms. The zero-order chi connectivity index (χ0) is 14.8. The summed E-state index contributed by atoms with van der Waals surface area (Å²) in [6, 6.07) is 6.62. The molecule has 6 heteroatoms. The standard InChI is InChI=1S/C14H17F2N3O/c1-3-7-19-13(17)18-9-14(19,2)10-5-4-6-11(8-10)20-12(15)16/h3-6,8,12H,1,7,9H2,2H3,(H2,17,18). The summed E-state index contributed by atoms with van der Waals surface area (Å²) in [5, 5.41) is 0. The molecule has 0 amide bonds. The Bertz CT molecular complexity index is 533. The van der Waals surface area contributed by atoms with Crippen LogP contribution < -0.4 is 10.5 Å². The number of nitrogens with two attached hydrogens (primary N) is 1.